The summed E-state index contributed by atoms with van der Waals surface area (Å²) in [6.45, 7) is 8.26. The molecule has 0 amide bonds. The number of alkyl halides is 2. The Morgan fingerprint density at radius 2 is 1.31 bits per heavy atom. The molecule has 1 heterocycles. The molecule has 1 aliphatic heterocycles. The van der Waals surface area contributed by atoms with Gasteiger partial charge in [0.2, 0.25) is 0 Å². The van der Waals surface area contributed by atoms with Crippen LogP contribution < -0.4 is 21.2 Å². The van der Waals surface area contributed by atoms with Crippen LogP contribution in [0.5, 0.6) is 0 Å². The number of ether oxygens (including phenoxy) is 1. The first-order valence-corrected chi connectivity index (χ1v) is 17.3. The van der Waals surface area contributed by atoms with Crippen LogP contribution in [0.15, 0.2) is 0 Å². The molecule has 32 heavy (non-hydrogen) atoms. The van der Waals surface area contributed by atoms with E-state index >= 15 is 0 Å². The number of carbonyl (C=O) groups is 1. The molecule has 0 N–H and O–H groups in total. The van der Waals surface area contributed by atoms with Crippen molar-refractivity contribution in [2.45, 2.75) is 142 Å². The predicted octanol–water partition coefficient (Wildman–Crippen LogP) is 4.75. The van der Waals surface area contributed by atoms with E-state index in [2.05, 4.69) is 18.7 Å². The van der Waals surface area contributed by atoms with Gasteiger partial charge in [-0.05, 0) is 32.5 Å². The van der Waals surface area contributed by atoms with Crippen LogP contribution in [0, 0.1) is 0 Å². The Morgan fingerprint density at radius 3 is 1.97 bits per heavy atom. The Bertz CT molecular complexity index is 404. The van der Waals surface area contributed by atoms with Gasteiger partial charge in [0.25, 0.3) is 0 Å². The van der Waals surface area contributed by atoms with Crippen LogP contribution >= 0.6 is 0 Å². The molecule has 0 aliphatic carbocycles. The standard InChI is InChI=1S/C28H55INO2/c1-3-5-6-18-25-30(4-2)26-19-11-7-8-15-22-28(31)32-27-20-13-9-10-16-23-29-24-17-12-14-21-27/h27H,3-26H2,1-2H3/q-1. The van der Waals surface area contributed by atoms with Crippen LogP contribution in [-0.2, 0) is 9.53 Å². The molecule has 3 nitrogen and oxygen atoms in total. The Balaban J connectivity index is 2.07. The Morgan fingerprint density at radius 1 is 0.750 bits per heavy atom. The van der Waals surface area contributed by atoms with Gasteiger partial charge in [0.15, 0.2) is 0 Å². The van der Waals surface area contributed by atoms with Gasteiger partial charge in [-0.1, -0.05) is 39.5 Å². The quantitative estimate of drug-likeness (QED) is 0.124. The summed E-state index contributed by atoms with van der Waals surface area (Å²) in [5.74, 6) is 0.0643. The molecule has 1 fully saturated rings. The first-order valence-electron chi connectivity index (χ1n) is 14.2. The second-order valence-corrected chi connectivity index (χ2v) is 13.0. The van der Waals surface area contributed by atoms with E-state index in [1.807, 2.05) is 0 Å². The van der Waals surface area contributed by atoms with Gasteiger partial charge in [-0.3, -0.25) is 0 Å². The minimum atomic E-state index is 0.0643. The zero-order chi connectivity index (χ0) is 23.1. The monoisotopic (exact) mass is 564 g/mol. The summed E-state index contributed by atoms with van der Waals surface area (Å²) in [4.78, 5) is 15.0. The Labute approximate surface area is 211 Å². The Hall–Kier alpha value is 0.160. The zero-order valence-corrected chi connectivity index (χ0v) is 23.8. The van der Waals surface area contributed by atoms with Crippen molar-refractivity contribution < 1.29 is 30.7 Å². The molecule has 1 atom stereocenters. The fourth-order valence-electron chi connectivity index (χ4n) is 4.58. The summed E-state index contributed by atoms with van der Waals surface area (Å²) in [7, 11) is 0. The van der Waals surface area contributed by atoms with Crippen molar-refractivity contribution in [2.24, 2.45) is 0 Å². The van der Waals surface area contributed by atoms with Gasteiger partial charge >= 0.3 is 135 Å². The number of halogens is 1. The molecule has 1 aliphatic rings. The van der Waals surface area contributed by atoms with Crippen LogP contribution in [0.2, 0.25) is 0 Å². The van der Waals surface area contributed by atoms with Crippen molar-refractivity contribution in [1.82, 2.24) is 4.90 Å². The summed E-state index contributed by atoms with van der Waals surface area (Å²) in [6.07, 6.45) is 23.8. The van der Waals surface area contributed by atoms with Crippen molar-refractivity contribution in [1.29, 1.82) is 0 Å². The van der Waals surface area contributed by atoms with E-state index in [0.29, 0.717) is 27.6 Å². The van der Waals surface area contributed by atoms with Gasteiger partial charge in [0, 0.05) is 0 Å². The van der Waals surface area contributed by atoms with Gasteiger partial charge in [-0.15, -0.1) is 0 Å². The zero-order valence-electron chi connectivity index (χ0n) is 21.7. The van der Waals surface area contributed by atoms with Crippen LogP contribution in [0.4, 0.5) is 0 Å². The third kappa shape index (κ3) is 18.6. The minimum absolute atomic E-state index is 0.0643. The van der Waals surface area contributed by atoms with E-state index in [4.69, 9.17) is 4.74 Å². The van der Waals surface area contributed by atoms with E-state index in [9.17, 15) is 4.79 Å². The van der Waals surface area contributed by atoms with Gasteiger partial charge in [0.05, 0.1) is 0 Å². The number of hydrogen-bond acceptors (Lipinski definition) is 3. The number of esters is 1. The van der Waals surface area contributed by atoms with Gasteiger partial charge < -0.3 is 4.90 Å². The average molecular weight is 565 g/mol. The van der Waals surface area contributed by atoms with E-state index in [1.165, 1.54) is 125 Å². The van der Waals surface area contributed by atoms with Crippen molar-refractivity contribution >= 4 is 5.97 Å². The van der Waals surface area contributed by atoms with E-state index in [0.717, 1.165) is 19.3 Å². The SMILES string of the molecule is CCCCCCN(CC)CCCCCCCC(=O)OC1CCCCCC[I-]CCCCC1. The third-order valence-corrected chi connectivity index (χ3v) is 9.82. The molecule has 4 heteroatoms. The molecule has 1 rings (SSSR count). The van der Waals surface area contributed by atoms with Gasteiger partial charge in [-0.25, -0.2) is 0 Å². The fraction of sp³-hybridized carbons (Fsp3) is 0.964. The normalized spacial score (nSPS) is 19.4. The molecule has 0 aromatic rings. The van der Waals surface area contributed by atoms with Gasteiger partial charge in [-0.2, -0.15) is 0 Å². The number of hydrogen-bond donors (Lipinski definition) is 0. The van der Waals surface area contributed by atoms with Crippen LogP contribution in [0.25, 0.3) is 0 Å². The average Bonchev–Trinajstić information content (AvgIpc) is 2.82. The summed E-state index contributed by atoms with van der Waals surface area (Å²) >= 11 is 0.474. The van der Waals surface area contributed by atoms with Crippen LogP contribution in [-0.4, -0.2) is 45.5 Å². The molecule has 192 valence electrons. The second kappa shape index (κ2) is 22.9. The molecular weight excluding hydrogens is 509 g/mol. The van der Waals surface area contributed by atoms with E-state index in [-0.39, 0.29) is 12.1 Å². The first kappa shape index (κ1) is 30.2. The number of carbonyl (C=O) groups excluding carboxylic acids is 1. The summed E-state index contributed by atoms with van der Waals surface area (Å²) < 4.78 is 8.94. The predicted molar refractivity (Wildman–Crippen MR) is 135 cm³/mol. The summed E-state index contributed by atoms with van der Waals surface area (Å²) in [6, 6.07) is 0. The van der Waals surface area contributed by atoms with Crippen LogP contribution in [0.1, 0.15) is 136 Å². The molecule has 0 bridgehead atoms. The molecule has 0 radical (unpaired) electrons. The maximum atomic E-state index is 12.4. The number of unbranched alkanes of at least 4 members (excludes halogenated alkanes) is 7. The first-order chi connectivity index (χ1) is 15.8. The molecule has 0 spiro atoms. The molecule has 1 saturated heterocycles. The van der Waals surface area contributed by atoms with Gasteiger partial charge in [0.1, 0.15) is 0 Å². The van der Waals surface area contributed by atoms with Crippen molar-refractivity contribution in [3.8, 4) is 0 Å². The maximum absolute atomic E-state index is 12.4. The fourth-order valence-corrected chi connectivity index (χ4v) is 7.28. The molecule has 0 aromatic carbocycles. The van der Waals surface area contributed by atoms with Crippen molar-refractivity contribution in [3.63, 3.8) is 0 Å². The molecule has 1 unspecified atom stereocenters. The van der Waals surface area contributed by atoms with Crippen molar-refractivity contribution in [2.75, 3.05) is 28.5 Å². The third-order valence-electron chi connectivity index (χ3n) is 6.77. The second-order valence-electron chi connectivity index (χ2n) is 9.74. The Kier molecular flexibility index (Phi) is 21.6. The number of rotatable bonds is 15. The van der Waals surface area contributed by atoms with E-state index in [1.54, 1.807) is 0 Å². The van der Waals surface area contributed by atoms with Crippen LogP contribution in [0.3, 0.4) is 0 Å². The summed E-state index contributed by atoms with van der Waals surface area (Å²) in [5, 5.41) is 0. The number of nitrogens with zero attached hydrogens (tertiary/aromatic N) is 1. The van der Waals surface area contributed by atoms with E-state index < -0.39 is 0 Å². The molecule has 0 saturated carbocycles. The molecule has 0 aromatic heterocycles. The topological polar surface area (TPSA) is 29.5 Å². The van der Waals surface area contributed by atoms with Crippen molar-refractivity contribution in [3.05, 3.63) is 0 Å². The summed E-state index contributed by atoms with van der Waals surface area (Å²) in [5.41, 5.74) is 0. The molecular formula is C28H55INO2-.